The van der Waals surface area contributed by atoms with Crippen molar-refractivity contribution in [2.45, 2.75) is 50.2 Å². The Balaban J connectivity index is 3.04. The number of halogens is 2. The third-order valence-corrected chi connectivity index (χ3v) is 4.41. The van der Waals surface area contributed by atoms with Crippen LogP contribution < -0.4 is 5.32 Å². The van der Waals surface area contributed by atoms with E-state index < -0.39 is 51.2 Å². The molecule has 1 rings (SSSR count). The fourth-order valence-electron chi connectivity index (χ4n) is 1.76. The number of hydrogen-bond acceptors (Lipinski definition) is 6. The molecular weight excluding hydrogens is 388 g/mol. The van der Waals surface area contributed by atoms with Gasteiger partial charge in [0.15, 0.2) is 6.10 Å². The summed E-state index contributed by atoms with van der Waals surface area (Å²) < 4.78 is 61.5. The Hall–Kier alpha value is -2.27. The number of carbonyl (C=O) groups excluding carboxylic acids is 1. The van der Waals surface area contributed by atoms with Gasteiger partial charge in [0.25, 0.3) is 10.1 Å². The summed E-state index contributed by atoms with van der Waals surface area (Å²) in [4.78, 5) is 22.0. The topological polar surface area (TPSA) is 119 Å². The summed E-state index contributed by atoms with van der Waals surface area (Å²) in [5, 5.41) is 10.6. The van der Waals surface area contributed by atoms with Crippen LogP contribution in [0, 0.1) is 6.92 Å². The molecule has 0 aliphatic carbocycles. The number of alkyl halides is 2. The molecule has 0 saturated heterocycles. The van der Waals surface area contributed by atoms with Crippen LogP contribution in [0.4, 0.5) is 13.6 Å². The number of aliphatic carboxylic acids is 1. The van der Waals surface area contributed by atoms with Gasteiger partial charge in [0.05, 0.1) is 11.4 Å². The molecule has 0 saturated carbocycles. The highest BCUT2D eigenvalue weighted by Gasteiger charge is 2.51. The number of hydrogen-bond donors (Lipinski definition) is 2. The summed E-state index contributed by atoms with van der Waals surface area (Å²) in [7, 11) is -4.71. The van der Waals surface area contributed by atoms with Gasteiger partial charge in [-0.2, -0.15) is 17.2 Å². The lowest BCUT2D eigenvalue weighted by Crippen LogP contribution is -2.50. The van der Waals surface area contributed by atoms with E-state index in [1.165, 1.54) is 32.9 Å². The van der Waals surface area contributed by atoms with E-state index in [1.807, 2.05) is 5.32 Å². The van der Waals surface area contributed by atoms with Crippen LogP contribution in [0.2, 0.25) is 0 Å². The summed E-state index contributed by atoms with van der Waals surface area (Å²) in [5.41, 5.74) is -0.225. The first kappa shape index (κ1) is 22.8. The third-order valence-electron chi connectivity index (χ3n) is 3.07. The minimum atomic E-state index is -4.71. The van der Waals surface area contributed by atoms with Crippen molar-refractivity contribution in [1.29, 1.82) is 0 Å². The van der Waals surface area contributed by atoms with Crippen molar-refractivity contribution in [3.05, 3.63) is 29.8 Å². The molecule has 0 radical (unpaired) electrons. The van der Waals surface area contributed by atoms with Gasteiger partial charge in [-0.25, -0.2) is 9.59 Å². The predicted octanol–water partition coefficient (Wildman–Crippen LogP) is 2.31. The van der Waals surface area contributed by atoms with E-state index in [4.69, 9.17) is 9.84 Å². The summed E-state index contributed by atoms with van der Waals surface area (Å²) >= 11 is 0. The van der Waals surface area contributed by atoms with Crippen LogP contribution in [0.5, 0.6) is 0 Å². The lowest BCUT2D eigenvalue weighted by molar-refractivity contribution is -0.178. The summed E-state index contributed by atoms with van der Waals surface area (Å²) in [6.45, 7) is 5.14. The van der Waals surface area contributed by atoms with Gasteiger partial charge in [-0.3, -0.25) is 4.18 Å². The van der Waals surface area contributed by atoms with Crippen LogP contribution in [0.1, 0.15) is 26.3 Å². The second kappa shape index (κ2) is 8.17. The zero-order valence-corrected chi connectivity index (χ0v) is 16.0. The second-order valence-electron chi connectivity index (χ2n) is 6.66. The number of carboxylic acid groups (broad SMARTS) is 1. The molecule has 0 spiro atoms. The normalized spacial score (nSPS) is 13.7. The molecule has 1 unspecified atom stereocenters. The molecular formula is C16H21F2NO7S. The van der Waals surface area contributed by atoms with E-state index in [0.29, 0.717) is 5.56 Å². The van der Waals surface area contributed by atoms with Crippen LogP contribution >= 0.6 is 0 Å². The lowest BCUT2D eigenvalue weighted by atomic mass is 10.2. The smallest absolute Gasteiger partial charge is 0.407 e. The van der Waals surface area contributed by atoms with Gasteiger partial charge in [-0.05, 0) is 39.8 Å². The first-order chi connectivity index (χ1) is 12.1. The molecule has 27 heavy (non-hydrogen) atoms. The molecule has 1 atom stereocenters. The van der Waals surface area contributed by atoms with Crippen LogP contribution in [-0.2, 0) is 23.8 Å². The van der Waals surface area contributed by atoms with Gasteiger partial charge < -0.3 is 15.2 Å². The number of ether oxygens (including phenoxy) is 1. The quantitative estimate of drug-likeness (QED) is 0.663. The lowest BCUT2D eigenvalue weighted by Gasteiger charge is -2.25. The molecule has 1 amide bonds. The largest absolute Gasteiger partial charge is 0.477 e. The molecule has 0 aromatic heterocycles. The van der Waals surface area contributed by atoms with Crippen molar-refractivity contribution in [3.63, 3.8) is 0 Å². The first-order valence-corrected chi connectivity index (χ1v) is 9.14. The molecule has 0 aliphatic rings. The summed E-state index contributed by atoms with van der Waals surface area (Å²) in [6.07, 6.45) is -3.82. The molecule has 2 N–H and O–H groups in total. The van der Waals surface area contributed by atoms with Gasteiger partial charge >= 0.3 is 18.0 Å². The Kier molecular flexibility index (Phi) is 6.89. The Morgan fingerprint density at radius 2 is 1.70 bits per heavy atom. The maximum Gasteiger partial charge on any atom is 0.407 e. The Labute approximate surface area is 155 Å². The van der Waals surface area contributed by atoms with Crippen molar-refractivity contribution in [2.24, 2.45) is 0 Å². The minimum absolute atomic E-state index is 0.434. The average molecular weight is 409 g/mol. The monoisotopic (exact) mass is 409 g/mol. The molecule has 0 aliphatic heterocycles. The highest BCUT2D eigenvalue weighted by molar-refractivity contribution is 7.86. The van der Waals surface area contributed by atoms with Gasteiger partial charge in [0.1, 0.15) is 5.60 Å². The standard InChI is InChI=1S/C16H21F2NO7S/c1-10-5-7-11(8-6-10)27(23,24)26-12(16(17,18)13(20)21)9-19-14(22)25-15(2,3)4/h5-8,12H,9H2,1-4H3,(H,19,22)(H,20,21). The highest BCUT2D eigenvalue weighted by Crippen LogP contribution is 2.26. The number of carbonyl (C=O) groups is 2. The number of nitrogens with one attached hydrogen (secondary N) is 1. The maximum absolute atomic E-state index is 13.9. The fraction of sp³-hybridized carbons (Fsp3) is 0.500. The zero-order valence-electron chi connectivity index (χ0n) is 15.2. The number of alkyl carbamates (subject to hydrolysis) is 1. The third kappa shape index (κ3) is 6.75. The molecule has 1 aromatic rings. The Morgan fingerprint density at radius 1 is 1.19 bits per heavy atom. The van der Waals surface area contributed by atoms with Crippen molar-refractivity contribution in [1.82, 2.24) is 5.32 Å². The van der Waals surface area contributed by atoms with Crippen molar-refractivity contribution in [2.75, 3.05) is 6.54 Å². The van der Waals surface area contributed by atoms with E-state index in [1.54, 1.807) is 6.92 Å². The van der Waals surface area contributed by atoms with Crippen molar-refractivity contribution < 1.29 is 40.8 Å². The van der Waals surface area contributed by atoms with Gasteiger partial charge in [0.2, 0.25) is 0 Å². The number of benzene rings is 1. The van der Waals surface area contributed by atoms with Gasteiger partial charge in [-0.15, -0.1) is 0 Å². The number of amides is 1. The molecule has 152 valence electrons. The summed E-state index contributed by atoms with van der Waals surface area (Å²) in [5.74, 6) is -7.19. The fourth-order valence-corrected chi connectivity index (χ4v) is 2.84. The molecule has 1 aromatic carbocycles. The Bertz CT molecular complexity index is 786. The predicted molar refractivity (Wildman–Crippen MR) is 90.1 cm³/mol. The average Bonchev–Trinajstić information content (AvgIpc) is 2.49. The molecule has 11 heteroatoms. The van der Waals surface area contributed by atoms with Gasteiger partial charge in [-0.1, -0.05) is 17.7 Å². The molecule has 0 fully saturated rings. The van der Waals surface area contributed by atoms with Crippen LogP contribution in [-0.4, -0.2) is 49.8 Å². The molecule has 0 heterocycles. The highest BCUT2D eigenvalue weighted by atomic mass is 32.2. The SMILES string of the molecule is Cc1ccc(S(=O)(=O)OC(CNC(=O)OC(C)(C)C)C(F)(F)C(=O)O)cc1. The van der Waals surface area contributed by atoms with Crippen LogP contribution in [0.15, 0.2) is 29.2 Å². The van der Waals surface area contributed by atoms with Crippen molar-refractivity contribution in [3.8, 4) is 0 Å². The van der Waals surface area contributed by atoms with Crippen LogP contribution in [0.25, 0.3) is 0 Å². The summed E-state index contributed by atoms with van der Waals surface area (Å²) in [6, 6.07) is 5.09. The number of aryl methyl sites for hydroxylation is 1. The second-order valence-corrected chi connectivity index (χ2v) is 8.24. The van der Waals surface area contributed by atoms with E-state index in [-0.39, 0.29) is 0 Å². The van der Waals surface area contributed by atoms with E-state index in [9.17, 15) is 26.8 Å². The number of rotatable bonds is 7. The van der Waals surface area contributed by atoms with Gasteiger partial charge in [0, 0.05) is 0 Å². The van der Waals surface area contributed by atoms with E-state index in [2.05, 4.69) is 4.18 Å². The number of carboxylic acids is 1. The Morgan fingerprint density at radius 3 is 2.15 bits per heavy atom. The molecule has 8 nitrogen and oxygen atoms in total. The first-order valence-electron chi connectivity index (χ1n) is 7.73. The zero-order chi connectivity index (χ0) is 21.0. The molecule has 0 bridgehead atoms. The van der Waals surface area contributed by atoms with E-state index in [0.717, 1.165) is 12.1 Å². The van der Waals surface area contributed by atoms with Crippen LogP contribution in [0.3, 0.4) is 0 Å². The maximum atomic E-state index is 13.9. The van der Waals surface area contributed by atoms with E-state index >= 15 is 0 Å². The van der Waals surface area contributed by atoms with Crippen molar-refractivity contribution >= 4 is 22.2 Å². The minimum Gasteiger partial charge on any atom is -0.477 e.